The van der Waals surface area contributed by atoms with E-state index in [9.17, 15) is 5.11 Å². The van der Waals surface area contributed by atoms with Crippen molar-refractivity contribution in [3.63, 3.8) is 0 Å². The molecule has 0 spiro atoms. The van der Waals surface area contributed by atoms with E-state index in [1.54, 1.807) is 0 Å². The van der Waals surface area contributed by atoms with E-state index < -0.39 is 0 Å². The van der Waals surface area contributed by atoms with Crippen LogP contribution in [0.2, 0.25) is 0 Å². The van der Waals surface area contributed by atoms with Crippen molar-refractivity contribution in [3.05, 3.63) is 0 Å². The van der Waals surface area contributed by atoms with Crippen molar-refractivity contribution < 1.29 is 5.11 Å². The molecule has 1 rings (SSSR count). The second kappa shape index (κ2) is 5.86. The molecule has 0 saturated heterocycles. The van der Waals surface area contributed by atoms with Crippen LogP contribution in [0.5, 0.6) is 0 Å². The van der Waals surface area contributed by atoms with E-state index in [0.717, 1.165) is 12.6 Å². The lowest BCUT2D eigenvalue weighted by Crippen LogP contribution is -2.40. The Morgan fingerprint density at radius 3 is 2.13 bits per heavy atom. The zero-order valence-electron chi connectivity index (χ0n) is 10.6. The molecule has 1 fully saturated rings. The summed E-state index contributed by atoms with van der Waals surface area (Å²) in [6, 6.07) is 0.748. The summed E-state index contributed by atoms with van der Waals surface area (Å²) in [7, 11) is 2.22. The van der Waals surface area contributed by atoms with Crippen molar-refractivity contribution in [2.24, 2.45) is 5.41 Å². The van der Waals surface area contributed by atoms with Crippen molar-refractivity contribution in [3.8, 4) is 0 Å². The Balaban J connectivity index is 2.40. The average molecular weight is 213 g/mol. The molecular weight excluding hydrogens is 186 g/mol. The highest BCUT2D eigenvalue weighted by Gasteiger charge is 2.24. The van der Waals surface area contributed by atoms with Crippen LogP contribution in [0.25, 0.3) is 0 Å². The molecule has 2 nitrogen and oxygen atoms in total. The summed E-state index contributed by atoms with van der Waals surface area (Å²) in [4.78, 5) is 2.46. The van der Waals surface area contributed by atoms with E-state index in [-0.39, 0.29) is 12.0 Å². The van der Waals surface area contributed by atoms with Gasteiger partial charge in [-0.15, -0.1) is 0 Å². The molecule has 0 aliphatic heterocycles. The van der Waals surface area contributed by atoms with E-state index in [1.807, 2.05) is 0 Å². The molecule has 0 aromatic carbocycles. The van der Waals surface area contributed by atoms with Gasteiger partial charge in [-0.3, -0.25) is 0 Å². The number of aliphatic hydroxyl groups is 1. The zero-order valence-corrected chi connectivity index (χ0v) is 10.6. The zero-order chi connectivity index (χ0) is 11.3. The maximum absolute atomic E-state index is 9.27. The van der Waals surface area contributed by atoms with Crippen molar-refractivity contribution in [2.75, 3.05) is 20.2 Å². The van der Waals surface area contributed by atoms with Crippen molar-refractivity contribution in [1.29, 1.82) is 0 Å². The van der Waals surface area contributed by atoms with Gasteiger partial charge in [0.2, 0.25) is 0 Å². The highest BCUT2D eigenvalue weighted by molar-refractivity contribution is 4.78. The number of nitrogens with zero attached hydrogens (tertiary/aromatic N) is 1. The number of rotatable bonds is 4. The average Bonchev–Trinajstić information content (AvgIpc) is 2.45. The molecule has 0 aromatic heterocycles. The van der Waals surface area contributed by atoms with Gasteiger partial charge in [0, 0.05) is 24.6 Å². The third-order valence-electron chi connectivity index (χ3n) is 3.55. The fraction of sp³-hybridized carbons (Fsp3) is 1.00. The van der Waals surface area contributed by atoms with Crippen LogP contribution in [-0.2, 0) is 0 Å². The summed E-state index contributed by atoms with van der Waals surface area (Å²) < 4.78 is 0. The van der Waals surface area contributed by atoms with Crippen LogP contribution < -0.4 is 0 Å². The molecule has 0 unspecified atom stereocenters. The van der Waals surface area contributed by atoms with Crippen LogP contribution in [-0.4, -0.2) is 36.2 Å². The SMILES string of the molecule is CN(CC(C)(C)CO)C1CCCCCC1. The molecule has 0 atom stereocenters. The molecule has 2 heteroatoms. The lowest BCUT2D eigenvalue weighted by Gasteiger charge is -2.34. The predicted octanol–water partition coefficient (Wildman–Crippen LogP) is 2.66. The van der Waals surface area contributed by atoms with Gasteiger partial charge in [0.15, 0.2) is 0 Å². The fourth-order valence-electron chi connectivity index (χ4n) is 2.55. The van der Waals surface area contributed by atoms with E-state index >= 15 is 0 Å². The first-order valence-corrected chi connectivity index (χ1v) is 6.36. The Morgan fingerprint density at radius 2 is 1.67 bits per heavy atom. The van der Waals surface area contributed by atoms with Gasteiger partial charge in [0.25, 0.3) is 0 Å². The van der Waals surface area contributed by atoms with Crippen LogP contribution >= 0.6 is 0 Å². The smallest absolute Gasteiger partial charge is 0.0494 e. The standard InChI is InChI=1S/C13H27NO/c1-13(2,11-15)10-14(3)12-8-6-4-5-7-9-12/h12,15H,4-11H2,1-3H3. The number of hydrogen-bond donors (Lipinski definition) is 1. The van der Waals surface area contributed by atoms with E-state index in [0.29, 0.717) is 0 Å². The van der Waals surface area contributed by atoms with Gasteiger partial charge >= 0.3 is 0 Å². The number of aliphatic hydroxyl groups excluding tert-OH is 1. The molecule has 0 aromatic rings. The lowest BCUT2D eigenvalue weighted by molar-refractivity contribution is 0.0902. The monoisotopic (exact) mass is 213 g/mol. The summed E-state index contributed by atoms with van der Waals surface area (Å²) >= 11 is 0. The molecule has 1 aliphatic carbocycles. The fourth-order valence-corrected chi connectivity index (χ4v) is 2.55. The Morgan fingerprint density at radius 1 is 1.13 bits per heavy atom. The normalized spacial score (nSPS) is 20.6. The van der Waals surface area contributed by atoms with E-state index in [1.165, 1.54) is 38.5 Å². The molecule has 90 valence electrons. The maximum atomic E-state index is 9.27. The summed E-state index contributed by atoms with van der Waals surface area (Å²) in [5.41, 5.74) is 0.0427. The van der Waals surface area contributed by atoms with Gasteiger partial charge < -0.3 is 10.0 Å². The Labute approximate surface area is 94.7 Å². The summed E-state index contributed by atoms with van der Waals surface area (Å²) in [6.07, 6.45) is 8.28. The predicted molar refractivity (Wildman–Crippen MR) is 65.0 cm³/mol. The second-order valence-electron chi connectivity index (χ2n) is 5.88. The Kier molecular flexibility index (Phi) is 5.07. The molecule has 1 saturated carbocycles. The van der Waals surface area contributed by atoms with Crippen LogP contribution in [0, 0.1) is 5.41 Å². The van der Waals surface area contributed by atoms with E-state index in [2.05, 4.69) is 25.8 Å². The Bertz CT molecular complexity index is 171. The van der Waals surface area contributed by atoms with Gasteiger partial charge in [-0.05, 0) is 19.9 Å². The second-order valence-corrected chi connectivity index (χ2v) is 5.88. The summed E-state index contributed by atoms with van der Waals surface area (Å²) in [5, 5.41) is 9.27. The minimum Gasteiger partial charge on any atom is -0.396 e. The molecule has 0 heterocycles. The topological polar surface area (TPSA) is 23.5 Å². The van der Waals surface area contributed by atoms with Crippen LogP contribution in [0.1, 0.15) is 52.4 Å². The highest BCUT2D eigenvalue weighted by Crippen LogP contribution is 2.24. The summed E-state index contributed by atoms with van der Waals surface area (Å²) in [5.74, 6) is 0. The molecular formula is C13H27NO. The van der Waals surface area contributed by atoms with Crippen molar-refractivity contribution in [2.45, 2.75) is 58.4 Å². The number of hydrogen-bond acceptors (Lipinski definition) is 2. The molecule has 0 bridgehead atoms. The van der Waals surface area contributed by atoms with Gasteiger partial charge in [-0.2, -0.15) is 0 Å². The third kappa shape index (κ3) is 4.52. The first-order valence-electron chi connectivity index (χ1n) is 6.36. The van der Waals surface area contributed by atoms with E-state index in [4.69, 9.17) is 0 Å². The minimum absolute atomic E-state index is 0.0427. The van der Waals surface area contributed by atoms with Gasteiger partial charge in [0.1, 0.15) is 0 Å². The summed E-state index contributed by atoms with van der Waals surface area (Å²) in [6.45, 7) is 5.57. The van der Waals surface area contributed by atoms with Crippen LogP contribution in [0.3, 0.4) is 0 Å². The van der Waals surface area contributed by atoms with Gasteiger partial charge in [-0.1, -0.05) is 39.5 Å². The first-order chi connectivity index (χ1) is 7.05. The maximum Gasteiger partial charge on any atom is 0.0494 e. The largest absolute Gasteiger partial charge is 0.396 e. The van der Waals surface area contributed by atoms with Crippen molar-refractivity contribution in [1.82, 2.24) is 4.90 Å². The minimum atomic E-state index is 0.0427. The highest BCUT2D eigenvalue weighted by atomic mass is 16.3. The molecule has 1 aliphatic rings. The molecule has 15 heavy (non-hydrogen) atoms. The Hall–Kier alpha value is -0.0800. The molecule has 1 N–H and O–H groups in total. The molecule has 0 amide bonds. The molecule has 0 radical (unpaired) electrons. The van der Waals surface area contributed by atoms with Crippen molar-refractivity contribution >= 4 is 0 Å². The van der Waals surface area contributed by atoms with Crippen LogP contribution in [0.15, 0.2) is 0 Å². The van der Waals surface area contributed by atoms with Gasteiger partial charge in [0.05, 0.1) is 0 Å². The van der Waals surface area contributed by atoms with Gasteiger partial charge in [-0.25, -0.2) is 0 Å². The van der Waals surface area contributed by atoms with Crippen LogP contribution in [0.4, 0.5) is 0 Å². The lowest BCUT2D eigenvalue weighted by atomic mass is 9.93. The quantitative estimate of drug-likeness (QED) is 0.726. The third-order valence-corrected chi connectivity index (χ3v) is 3.55. The first kappa shape index (κ1) is 13.0.